The lowest BCUT2D eigenvalue weighted by Gasteiger charge is -2.02. The van der Waals surface area contributed by atoms with Gasteiger partial charge in [0.15, 0.2) is 5.78 Å². The van der Waals surface area contributed by atoms with Gasteiger partial charge in [-0.2, -0.15) is 0 Å². The summed E-state index contributed by atoms with van der Waals surface area (Å²) < 4.78 is 0. The van der Waals surface area contributed by atoms with Crippen LogP contribution >= 0.6 is 0 Å². The number of nitrogens with one attached hydrogen (secondary N) is 1. The van der Waals surface area contributed by atoms with Crippen LogP contribution in [0.15, 0.2) is 11.3 Å². The number of unbranched alkanes of at least 4 members (excludes halogenated alkanes) is 6. The van der Waals surface area contributed by atoms with Gasteiger partial charge in [-0.15, -0.1) is 0 Å². The van der Waals surface area contributed by atoms with Crippen molar-refractivity contribution in [3.8, 4) is 0 Å². The largest absolute Gasteiger partial charge is 0.509 e. The minimum atomic E-state index is -0.432. The van der Waals surface area contributed by atoms with Crippen molar-refractivity contribution in [2.45, 2.75) is 71.3 Å². The molecule has 1 aliphatic heterocycles. The van der Waals surface area contributed by atoms with E-state index in [-0.39, 0.29) is 17.1 Å². The van der Waals surface area contributed by atoms with Crippen LogP contribution in [0, 0.1) is 0 Å². The minimum Gasteiger partial charge on any atom is -0.509 e. The maximum Gasteiger partial charge on any atom is 0.258 e. The summed E-state index contributed by atoms with van der Waals surface area (Å²) >= 11 is 0. The van der Waals surface area contributed by atoms with Gasteiger partial charge in [0.05, 0.1) is 6.04 Å². The summed E-state index contributed by atoms with van der Waals surface area (Å²) in [5.74, 6) is -0.760. The number of aliphatic hydroxyl groups excluding tert-OH is 1. The van der Waals surface area contributed by atoms with Gasteiger partial charge in [-0.3, -0.25) is 9.59 Å². The highest BCUT2D eigenvalue weighted by atomic mass is 16.3. The molecule has 19 heavy (non-hydrogen) atoms. The Labute approximate surface area is 115 Å². The highest BCUT2D eigenvalue weighted by Crippen LogP contribution is 2.18. The smallest absolute Gasteiger partial charge is 0.258 e. The molecule has 0 aromatic rings. The van der Waals surface area contributed by atoms with Gasteiger partial charge in [0.2, 0.25) is 0 Å². The van der Waals surface area contributed by atoms with Crippen molar-refractivity contribution >= 4 is 11.7 Å². The summed E-state index contributed by atoms with van der Waals surface area (Å²) in [6.07, 6.45) is 8.29. The first-order chi connectivity index (χ1) is 9.07. The molecule has 4 nitrogen and oxygen atoms in total. The van der Waals surface area contributed by atoms with Gasteiger partial charge in [-0.1, -0.05) is 45.4 Å². The first kappa shape index (κ1) is 15.7. The molecule has 108 valence electrons. The molecule has 0 fully saturated rings. The zero-order valence-corrected chi connectivity index (χ0v) is 12.0. The number of hydrogen-bond donors (Lipinski definition) is 2. The van der Waals surface area contributed by atoms with E-state index in [0.717, 1.165) is 19.3 Å². The molecule has 4 heteroatoms. The van der Waals surface area contributed by atoms with Gasteiger partial charge < -0.3 is 10.4 Å². The van der Waals surface area contributed by atoms with Gasteiger partial charge in [0.1, 0.15) is 11.3 Å². The first-order valence-electron chi connectivity index (χ1n) is 7.35. The Kier molecular flexibility index (Phi) is 6.60. The van der Waals surface area contributed by atoms with E-state index in [1.54, 1.807) is 6.92 Å². The molecule has 0 aromatic carbocycles. The number of aliphatic hydroxyl groups is 1. The van der Waals surface area contributed by atoms with Crippen LogP contribution in [0.1, 0.15) is 65.2 Å². The molecule has 1 atom stereocenters. The van der Waals surface area contributed by atoms with Gasteiger partial charge in [0.25, 0.3) is 5.91 Å². The quantitative estimate of drug-likeness (QED) is 0.498. The molecule has 0 saturated heterocycles. The molecule has 0 bridgehead atoms. The fourth-order valence-electron chi connectivity index (χ4n) is 2.31. The minimum absolute atomic E-state index is 0.0292. The fourth-order valence-corrected chi connectivity index (χ4v) is 2.31. The molecule has 1 aliphatic rings. The van der Waals surface area contributed by atoms with Crippen molar-refractivity contribution in [3.05, 3.63) is 11.3 Å². The summed E-state index contributed by atoms with van der Waals surface area (Å²) in [4.78, 5) is 23.4. The van der Waals surface area contributed by atoms with E-state index in [1.165, 1.54) is 25.7 Å². The lowest BCUT2D eigenvalue weighted by atomic mass is 10.0. The zero-order valence-electron chi connectivity index (χ0n) is 12.0. The summed E-state index contributed by atoms with van der Waals surface area (Å²) in [6.45, 7) is 3.85. The highest BCUT2D eigenvalue weighted by Gasteiger charge is 2.32. The summed E-state index contributed by atoms with van der Waals surface area (Å²) in [5.41, 5.74) is -0.0292. The summed E-state index contributed by atoms with van der Waals surface area (Å²) in [7, 11) is 0. The average molecular weight is 267 g/mol. The van der Waals surface area contributed by atoms with Crippen LogP contribution in [-0.2, 0) is 9.59 Å². The summed E-state index contributed by atoms with van der Waals surface area (Å²) in [5, 5.41) is 12.2. The molecule has 0 radical (unpaired) electrons. The SMILES string of the molecule is CCCCCCCCCC(=O)C1=C(O)[C@H](C)NC1=O. The normalized spacial score (nSPS) is 18.8. The Morgan fingerprint density at radius 2 is 1.74 bits per heavy atom. The first-order valence-corrected chi connectivity index (χ1v) is 7.35. The Morgan fingerprint density at radius 3 is 2.26 bits per heavy atom. The fraction of sp³-hybridized carbons (Fsp3) is 0.733. The van der Waals surface area contributed by atoms with E-state index in [1.807, 2.05) is 0 Å². The van der Waals surface area contributed by atoms with Crippen molar-refractivity contribution < 1.29 is 14.7 Å². The third kappa shape index (κ3) is 4.69. The second kappa shape index (κ2) is 7.97. The maximum atomic E-state index is 11.9. The van der Waals surface area contributed by atoms with E-state index in [4.69, 9.17) is 0 Å². The van der Waals surface area contributed by atoms with E-state index in [2.05, 4.69) is 12.2 Å². The van der Waals surface area contributed by atoms with Crippen molar-refractivity contribution in [1.29, 1.82) is 0 Å². The highest BCUT2D eigenvalue weighted by molar-refractivity contribution is 6.21. The standard InChI is InChI=1S/C15H25NO3/c1-3-4-5-6-7-8-9-10-12(17)13-14(18)11(2)16-15(13)19/h11,18H,3-10H2,1-2H3,(H,16,19)/t11-/m0/s1. The second-order valence-electron chi connectivity index (χ2n) is 5.25. The van der Waals surface area contributed by atoms with Crippen LogP contribution in [0.25, 0.3) is 0 Å². The van der Waals surface area contributed by atoms with Gasteiger partial charge in [-0.05, 0) is 13.3 Å². The predicted octanol–water partition coefficient (Wildman–Crippen LogP) is 3.03. The molecule has 0 aliphatic carbocycles. The molecule has 1 amide bonds. The van der Waals surface area contributed by atoms with E-state index >= 15 is 0 Å². The molecule has 1 rings (SSSR count). The topological polar surface area (TPSA) is 66.4 Å². The molecular weight excluding hydrogens is 242 g/mol. The lowest BCUT2D eigenvalue weighted by molar-refractivity contribution is -0.122. The van der Waals surface area contributed by atoms with Crippen LogP contribution in [-0.4, -0.2) is 22.8 Å². The number of carbonyl (C=O) groups is 2. The number of amides is 1. The predicted molar refractivity (Wildman–Crippen MR) is 74.9 cm³/mol. The van der Waals surface area contributed by atoms with Crippen LogP contribution in [0.3, 0.4) is 0 Å². The van der Waals surface area contributed by atoms with E-state index < -0.39 is 11.9 Å². The van der Waals surface area contributed by atoms with Gasteiger partial charge >= 0.3 is 0 Å². The van der Waals surface area contributed by atoms with E-state index in [0.29, 0.717) is 6.42 Å². The summed E-state index contributed by atoms with van der Waals surface area (Å²) in [6, 6.07) is -0.430. The monoisotopic (exact) mass is 267 g/mol. The van der Waals surface area contributed by atoms with Crippen molar-refractivity contribution in [3.63, 3.8) is 0 Å². The van der Waals surface area contributed by atoms with Gasteiger partial charge in [-0.25, -0.2) is 0 Å². The number of Topliss-reactive ketones (excluding diaryl/α,β-unsaturated/α-hetero) is 1. The number of carbonyl (C=O) groups excluding carboxylic acids is 2. The molecule has 0 saturated carbocycles. The molecule has 0 aromatic heterocycles. The van der Waals surface area contributed by atoms with Crippen LogP contribution in [0.5, 0.6) is 0 Å². The van der Waals surface area contributed by atoms with Crippen LogP contribution in [0.2, 0.25) is 0 Å². The van der Waals surface area contributed by atoms with Crippen LogP contribution < -0.4 is 5.32 Å². The molecular formula is C15H25NO3. The molecule has 0 unspecified atom stereocenters. The Bertz CT molecular complexity index is 360. The molecule has 2 N–H and O–H groups in total. The second-order valence-corrected chi connectivity index (χ2v) is 5.25. The van der Waals surface area contributed by atoms with Crippen molar-refractivity contribution in [2.75, 3.05) is 0 Å². The van der Waals surface area contributed by atoms with Crippen molar-refractivity contribution in [2.24, 2.45) is 0 Å². The third-order valence-corrected chi connectivity index (χ3v) is 3.53. The van der Waals surface area contributed by atoms with Gasteiger partial charge in [0, 0.05) is 6.42 Å². The third-order valence-electron chi connectivity index (χ3n) is 3.53. The molecule has 0 spiro atoms. The Balaban J connectivity index is 2.23. The zero-order chi connectivity index (χ0) is 14.3. The Morgan fingerprint density at radius 1 is 1.16 bits per heavy atom. The Hall–Kier alpha value is -1.32. The average Bonchev–Trinajstić information content (AvgIpc) is 2.62. The number of ketones is 1. The van der Waals surface area contributed by atoms with Crippen LogP contribution in [0.4, 0.5) is 0 Å². The number of rotatable bonds is 9. The molecule has 1 heterocycles. The van der Waals surface area contributed by atoms with E-state index in [9.17, 15) is 14.7 Å². The van der Waals surface area contributed by atoms with Crippen molar-refractivity contribution in [1.82, 2.24) is 5.32 Å². The number of hydrogen-bond acceptors (Lipinski definition) is 3. The lowest BCUT2D eigenvalue weighted by Crippen LogP contribution is -2.26. The maximum absolute atomic E-state index is 11.9.